The average Bonchev–Trinajstić information content (AvgIpc) is 3.41. The van der Waals surface area contributed by atoms with Gasteiger partial charge in [0.05, 0.1) is 18.7 Å². The standard InChI is InChI=1S/C21H23ClN6O2/c1-26-9-7-23-20(26)19-17(14-3-5-16(22)6-4-14)12-25-28(19)10-8-24-21(30)15-11-18(29)27(2)13-15/h3-7,9,12,15H,8,10-11,13H2,1-2H3,(H,24,30)/t15-/m0/s1. The third-order valence-corrected chi connectivity index (χ3v) is 5.61. The van der Waals surface area contributed by atoms with Crippen LogP contribution in [0.1, 0.15) is 6.42 Å². The van der Waals surface area contributed by atoms with Crippen molar-refractivity contribution in [3.8, 4) is 22.6 Å². The molecular formula is C21H23ClN6O2. The molecule has 0 unspecified atom stereocenters. The van der Waals surface area contributed by atoms with E-state index in [2.05, 4.69) is 15.4 Å². The minimum atomic E-state index is -0.293. The third kappa shape index (κ3) is 3.95. The molecule has 4 rings (SSSR count). The molecule has 1 aliphatic heterocycles. The SMILES string of the molecule is CN1C[C@@H](C(=O)NCCn2ncc(-c3ccc(Cl)cc3)c2-c2nccn2C)CC1=O. The summed E-state index contributed by atoms with van der Waals surface area (Å²) in [5, 5.41) is 8.15. The van der Waals surface area contributed by atoms with Crippen molar-refractivity contribution < 1.29 is 9.59 Å². The molecule has 3 heterocycles. The van der Waals surface area contributed by atoms with Crippen LogP contribution in [0.15, 0.2) is 42.9 Å². The summed E-state index contributed by atoms with van der Waals surface area (Å²) in [6.45, 7) is 1.36. The summed E-state index contributed by atoms with van der Waals surface area (Å²) < 4.78 is 3.78. The van der Waals surface area contributed by atoms with E-state index in [0.717, 1.165) is 22.6 Å². The van der Waals surface area contributed by atoms with Crippen LogP contribution in [-0.2, 0) is 23.2 Å². The molecule has 1 saturated heterocycles. The van der Waals surface area contributed by atoms with E-state index in [9.17, 15) is 9.59 Å². The van der Waals surface area contributed by atoms with Crippen LogP contribution in [0.25, 0.3) is 22.6 Å². The number of hydrogen-bond acceptors (Lipinski definition) is 4. The summed E-state index contributed by atoms with van der Waals surface area (Å²) in [5.41, 5.74) is 2.80. The van der Waals surface area contributed by atoms with Gasteiger partial charge < -0.3 is 14.8 Å². The molecule has 30 heavy (non-hydrogen) atoms. The predicted molar refractivity (Wildman–Crippen MR) is 114 cm³/mol. The number of hydrogen-bond donors (Lipinski definition) is 1. The van der Waals surface area contributed by atoms with E-state index >= 15 is 0 Å². The van der Waals surface area contributed by atoms with Gasteiger partial charge in [-0.25, -0.2) is 4.98 Å². The average molecular weight is 427 g/mol. The number of carbonyl (C=O) groups excluding carboxylic acids is 2. The molecule has 1 aliphatic rings. The van der Waals surface area contributed by atoms with Crippen molar-refractivity contribution in [2.24, 2.45) is 13.0 Å². The van der Waals surface area contributed by atoms with Gasteiger partial charge in [0.2, 0.25) is 11.8 Å². The maximum Gasteiger partial charge on any atom is 0.225 e. The van der Waals surface area contributed by atoms with Gasteiger partial charge in [-0.3, -0.25) is 14.3 Å². The Morgan fingerprint density at radius 2 is 2.03 bits per heavy atom. The smallest absolute Gasteiger partial charge is 0.225 e. The molecule has 9 heteroatoms. The summed E-state index contributed by atoms with van der Waals surface area (Å²) in [7, 11) is 3.65. The number of amides is 2. The monoisotopic (exact) mass is 426 g/mol. The number of aryl methyl sites for hydroxylation is 1. The first-order chi connectivity index (χ1) is 14.4. The third-order valence-electron chi connectivity index (χ3n) is 5.36. The second kappa shape index (κ2) is 8.31. The lowest BCUT2D eigenvalue weighted by Crippen LogP contribution is -2.34. The molecule has 1 aromatic carbocycles. The fourth-order valence-electron chi connectivity index (χ4n) is 3.69. The van der Waals surface area contributed by atoms with Gasteiger partial charge in [0.1, 0.15) is 5.69 Å². The second-order valence-corrected chi connectivity index (χ2v) is 7.90. The van der Waals surface area contributed by atoms with Crippen LogP contribution < -0.4 is 5.32 Å². The molecule has 8 nitrogen and oxygen atoms in total. The fraction of sp³-hybridized carbons (Fsp3) is 0.333. The molecule has 0 bridgehead atoms. The van der Waals surface area contributed by atoms with E-state index in [-0.39, 0.29) is 24.2 Å². The van der Waals surface area contributed by atoms with Crippen LogP contribution in [0, 0.1) is 5.92 Å². The summed E-state index contributed by atoms with van der Waals surface area (Å²) in [6, 6.07) is 7.59. The molecular weight excluding hydrogens is 404 g/mol. The van der Waals surface area contributed by atoms with Crippen molar-refractivity contribution in [3.05, 3.63) is 47.9 Å². The first kappa shape index (κ1) is 20.2. The van der Waals surface area contributed by atoms with E-state index in [0.29, 0.717) is 24.7 Å². The van der Waals surface area contributed by atoms with Gasteiger partial charge in [-0.05, 0) is 17.7 Å². The van der Waals surface area contributed by atoms with Crippen molar-refractivity contribution in [2.75, 3.05) is 20.1 Å². The topological polar surface area (TPSA) is 85.1 Å². The second-order valence-electron chi connectivity index (χ2n) is 7.46. The number of benzene rings is 1. The first-order valence-corrected chi connectivity index (χ1v) is 10.1. The number of likely N-dealkylation sites (tertiary alicyclic amines) is 1. The number of nitrogens with zero attached hydrogens (tertiary/aromatic N) is 5. The highest BCUT2D eigenvalue weighted by molar-refractivity contribution is 6.30. The normalized spacial score (nSPS) is 16.3. The molecule has 1 N–H and O–H groups in total. The number of imidazole rings is 1. The number of carbonyl (C=O) groups is 2. The minimum Gasteiger partial charge on any atom is -0.354 e. The molecule has 0 aliphatic carbocycles. The molecule has 156 valence electrons. The highest BCUT2D eigenvalue weighted by atomic mass is 35.5. The summed E-state index contributed by atoms with van der Waals surface area (Å²) in [5.74, 6) is 0.397. The Labute approximate surface area is 179 Å². The lowest BCUT2D eigenvalue weighted by atomic mass is 10.1. The van der Waals surface area contributed by atoms with Crippen molar-refractivity contribution in [2.45, 2.75) is 13.0 Å². The van der Waals surface area contributed by atoms with E-state index in [1.165, 1.54) is 0 Å². The van der Waals surface area contributed by atoms with Gasteiger partial charge in [0.25, 0.3) is 0 Å². The van der Waals surface area contributed by atoms with Gasteiger partial charge in [0, 0.05) is 56.6 Å². The molecule has 1 atom stereocenters. The maximum atomic E-state index is 12.4. The molecule has 0 radical (unpaired) electrons. The molecule has 0 saturated carbocycles. The van der Waals surface area contributed by atoms with E-state index in [4.69, 9.17) is 11.6 Å². The Balaban J connectivity index is 1.53. The van der Waals surface area contributed by atoms with Crippen LogP contribution in [0.4, 0.5) is 0 Å². The van der Waals surface area contributed by atoms with Crippen LogP contribution in [0.2, 0.25) is 5.02 Å². The van der Waals surface area contributed by atoms with Crippen LogP contribution in [0.3, 0.4) is 0 Å². The Bertz CT molecular complexity index is 1070. The van der Waals surface area contributed by atoms with Gasteiger partial charge in [-0.15, -0.1) is 0 Å². The number of aromatic nitrogens is 4. The molecule has 0 spiro atoms. The molecule has 2 amide bonds. The number of rotatable bonds is 6. The summed E-state index contributed by atoms with van der Waals surface area (Å²) in [4.78, 5) is 30.2. The van der Waals surface area contributed by atoms with Crippen molar-refractivity contribution in [3.63, 3.8) is 0 Å². The largest absolute Gasteiger partial charge is 0.354 e. The molecule has 3 aromatic rings. The van der Waals surface area contributed by atoms with Gasteiger partial charge in [-0.2, -0.15) is 5.10 Å². The van der Waals surface area contributed by atoms with Gasteiger partial charge in [0.15, 0.2) is 5.82 Å². The Morgan fingerprint density at radius 3 is 2.67 bits per heavy atom. The Hall–Kier alpha value is -3.13. The van der Waals surface area contributed by atoms with Crippen LogP contribution >= 0.6 is 11.6 Å². The zero-order chi connectivity index (χ0) is 21.3. The molecule has 1 fully saturated rings. The lowest BCUT2D eigenvalue weighted by Gasteiger charge is -2.13. The van der Waals surface area contributed by atoms with Crippen molar-refractivity contribution in [1.29, 1.82) is 0 Å². The number of nitrogens with one attached hydrogen (secondary N) is 1. The minimum absolute atomic E-state index is 0.00639. The zero-order valence-electron chi connectivity index (χ0n) is 16.9. The Kier molecular flexibility index (Phi) is 5.59. The van der Waals surface area contributed by atoms with E-state index in [1.807, 2.05) is 46.8 Å². The Morgan fingerprint density at radius 1 is 1.27 bits per heavy atom. The van der Waals surface area contributed by atoms with Gasteiger partial charge >= 0.3 is 0 Å². The van der Waals surface area contributed by atoms with Crippen molar-refractivity contribution in [1.82, 2.24) is 29.5 Å². The van der Waals surface area contributed by atoms with E-state index in [1.54, 1.807) is 24.3 Å². The quantitative estimate of drug-likeness (QED) is 0.654. The fourth-order valence-corrected chi connectivity index (χ4v) is 3.82. The van der Waals surface area contributed by atoms with Crippen LogP contribution in [-0.4, -0.2) is 56.2 Å². The summed E-state index contributed by atoms with van der Waals surface area (Å²) in [6.07, 6.45) is 5.70. The van der Waals surface area contributed by atoms with E-state index < -0.39 is 0 Å². The highest BCUT2D eigenvalue weighted by Crippen LogP contribution is 2.31. The predicted octanol–water partition coefficient (Wildman–Crippen LogP) is 2.20. The number of halogens is 1. The van der Waals surface area contributed by atoms with Gasteiger partial charge in [-0.1, -0.05) is 23.7 Å². The van der Waals surface area contributed by atoms with Crippen LogP contribution in [0.5, 0.6) is 0 Å². The van der Waals surface area contributed by atoms with Crippen molar-refractivity contribution >= 4 is 23.4 Å². The zero-order valence-corrected chi connectivity index (χ0v) is 17.6. The highest BCUT2D eigenvalue weighted by Gasteiger charge is 2.31. The lowest BCUT2D eigenvalue weighted by molar-refractivity contribution is -0.128. The summed E-state index contributed by atoms with van der Waals surface area (Å²) >= 11 is 6.04. The first-order valence-electron chi connectivity index (χ1n) is 9.75. The maximum absolute atomic E-state index is 12.4. The molecule has 2 aromatic heterocycles.